The number of nitrogens with one attached hydrogen (secondary N) is 2. The molecular weight excluding hydrogens is 278 g/mol. The van der Waals surface area contributed by atoms with Gasteiger partial charge in [0.05, 0.1) is 6.20 Å². The minimum atomic E-state index is -0.518. The van der Waals surface area contributed by atoms with Gasteiger partial charge in [0.2, 0.25) is 0 Å². The topological polar surface area (TPSA) is 67.0 Å². The molecule has 6 heteroatoms. The standard InChI is InChI=1S/C14H16ClN3O2/c1-3-20-9(2)14(19)17-13-12(8-16-18-13)10-5-4-6-11(15)7-10/h4-9H,3H2,1-2H3,(H2,16,17,18,19)/t9-/m0/s1. The van der Waals surface area contributed by atoms with Crippen LogP contribution in [0.25, 0.3) is 11.1 Å². The number of halogens is 1. The first kappa shape index (κ1) is 14.6. The molecule has 0 fully saturated rings. The van der Waals surface area contributed by atoms with Gasteiger partial charge in [0.15, 0.2) is 0 Å². The molecule has 2 N–H and O–H groups in total. The van der Waals surface area contributed by atoms with Crippen molar-refractivity contribution in [2.24, 2.45) is 0 Å². The van der Waals surface area contributed by atoms with Crippen LogP contribution in [0.15, 0.2) is 30.5 Å². The molecule has 0 spiro atoms. The minimum Gasteiger partial charge on any atom is -0.369 e. The van der Waals surface area contributed by atoms with Crippen molar-refractivity contribution in [3.8, 4) is 11.1 Å². The maximum atomic E-state index is 11.9. The zero-order chi connectivity index (χ0) is 14.5. The van der Waals surface area contributed by atoms with Gasteiger partial charge in [-0.3, -0.25) is 9.89 Å². The molecule has 5 nitrogen and oxygen atoms in total. The van der Waals surface area contributed by atoms with E-state index in [4.69, 9.17) is 16.3 Å². The Morgan fingerprint density at radius 1 is 1.55 bits per heavy atom. The first-order chi connectivity index (χ1) is 9.61. The van der Waals surface area contributed by atoms with Gasteiger partial charge in [-0.2, -0.15) is 5.10 Å². The van der Waals surface area contributed by atoms with E-state index in [1.807, 2.05) is 25.1 Å². The van der Waals surface area contributed by atoms with E-state index < -0.39 is 6.10 Å². The molecule has 0 aliphatic carbocycles. The largest absolute Gasteiger partial charge is 0.369 e. The maximum absolute atomic E-state index is 11.9. The lowest BCUT2D eigenvalue weighted by Crippen LogP contribution is -2.28. The second-order valence-electron chi connectivity index (χ2n) is 4.26. The summed E-state index contributed by atoms with van der Waals surface area (Å²) >= 11 is 5.97. The van der Waals surface area contributed by atoms with E-state index >= 15 is 0 Å². The molecule has 20 heavy (non-hydrogen) atoms. The van der Waals surface area contributed by atoms with Gasteiger partial charge in [-0.1, -0.05) is 23.7 Å². The van der Waals surface area contributed by atoms with Gasteiger partial charge in [0.25, 0.3) is 5.91 Å². The van der Waals surface area contributed by atoms with Gasteiger partial charge in [-0.15, -0.1) is 0 Å². The van der Waals surface area contributed by atoms with Crippen LogP contribution in [0.3, 0.4) is 0 Å². The van der Waals surface area contributed by atoms with E-state index in [0.717, 1.165) is 11.1 Å². The summed E-state index contributed by atoms with van der Waals surface area (Å²) < 4.78 is 5.25. The summed E-state index contributed by atoms with van der Waals surface area (Å²) in [7, 11) is 0. The number of carbonyl (C=O) groups excluding carboxylic acids is 1. The summed E-state index contributed by atoms with van der Waals surface area (Å²) in [6.45, 7) is 4.03. The van der Waals surface area contributed by atoms with Crippen LogP contribution in [0.5, 0.6) is 0 Å². The molecule has 1 heterocycles. The van der Waals surface area contributed by atoms with Crippen molar-refractivity contribution in [1.82, 2.24) is 10.2 Å². The van der Waals surface area contributed by atoms with Crippen molar-refractivity contribution in [3.05, 3.63) is 35.5 Å². The van der Waals surface area contributed by atoms with Crippen LogP contribution in [0.2, 0.25) is 5.02 Å². The molecule has 1 atom stereocenters. The molecule has 0 unspecified atom stereocenters. The molecule has 2 rings (SSSR count). The molecule has 0 aliphatic heterocycles. The van der Waals surface area contributed by atoms with Gasteiger partial charge in [-0.25, -0.2) is 0 Å². The Labute approximate surface area is 122 Å². The van der Waals surface area contributed by atoms with Crippen molar-refractivity contribution in [2.45, 2.75) is 20.0 Å². The first-order valence-electron chi connectivity index (χ1n) is 6.33. The Hall–Kier alpha value is -1.85. The van der Waals surface area contributed by atoms with E-state index in [2.05, 4.69) is 15.5 Å². The molecule has 0 aliphatic rings. The first-order valence-corrected chi connectivity index (χ1v) is 6.71. The highest BCUT2D eigenvalue weighted by molar-refractivity contribution is 6.30. The Balaban J connectivity index is 2.19. The minimum absolute atomic E-state index is 0.223. The van der Waals surface area contributed by atoms with E-state index in [9.17, 15) is 4.79 Å². The Kier molecular flexibility index (Phi) is 4.76. The second-order valence-corrected chi connectivity index (χ2v) is 4.69. The Bertz CT molecular complexity index is 598. The van der Waals surface area contributed by atoms with Gasteiger partial charge < -0.3 is 10.1 Å². The molecule has 106 valence electrons. The number of anilines is 1. The number of amides is 1. The average molecular weight is 294 g/mol. The lowest BCUT2D eigenvalue weighted by molar-refractivity contribution is -0.126. The summed E-state index contributed by atoms with van der Waals surface area (Å²) in [5.41, 5.74) is 1.66. The molecule has 2 aromatic rings. The van der Waals surface area contributed by atoms with Crippen molar-refractivity contribution < 1.29 is 9.53 Å². The van der Waals surface area contributed by atoms with Gasteiger partial charge >= 0.3 is 0 Å². The zero-order valence-electron chi connectivity index (χ0n) is 11.3. The fourth-order valence-electron chi connectivity index (χ4n) is 1.81. The Morgan fingerprint density at radius 2 is 2.35 bits per heavy atom. The van der Waals surface area contributed by atoms with Crippen LogP contribution >= 0.6 is 11.6 Å². The maximum Gasteiger partial charge on any atom is 0.254 e. The lowest BCUT2D eigenvalue weighted by atomic mass is 10.1. The summed E-state index contributed by atoms with van der Waals surface area (Å²) in [5, 5.41) is 10.1. The van der Waals surface area contributed by atoms with Crippen LogP contribution in [-0.4, -0.2) is 28.8 Å². The molecule has 0 radical (unpaired) electrons. The fraction of sp³-hybridized carbons (Fsp3) is 0.286. The monoisotopic (exact) mass is 293 g/mol. The highest BCUT2D eigenvalue weighted by atomic mass is 35.5. The third-order valence-corrected chi connectivity index (χ3v) is 3.04. The zero-order valence-corrected chi connectivity index (χ0v) is 12.1. The number of carbonyl (C=O) groups is 1. The molecule has 0 bridgehead atoms. The van der Waals surface area contributed by atoms with E-state index in [1.54, 1.807) is 19.2 Å². The van der Waals surface area contributed by atoms with Crippen LogP contribution in [0, 0.1) is 0 Å². The van der Waals surface area contributed by atoms with Crippen molar-refractivity contribution >= 4 is 23.3 Å². The lowest BCUT2D eigenvalue weighted by Gasteiger charge is -2.12. The van der Waals surface area contributed by atoms with Crippen LogP contribution < -0.4 is 5.32 Å². The molecule has 1 amide bonds. The number of rotatable bonds is 5. The summed E-state index contributed by atoms with van der Waals surface area (Å²) in [6, 6.07) is 7.35. The van der Waals surface area contributed by atoms with Crippen LogP contribution in [-0.2, 0) is 9.53 Å². The second kappa shape index (κ2) is 6.54. The van der Waals surface area contributed by atoms with Crippen LogP contribution in [0.1, 0.15) is 13.8 Å². The SMILES string of the molecule is CCO[C@@H](C)C(=O)Nc1[nH]ncc1-c1cccc(Cl)c1. The molecular formula is C14H16ClN3O2. The smallest absolute Gasteiger partial charge is 0.254 e. The average Bonchev–Trinajstić information content (AvgIpc) is 2.87. The number of hydrogen-bond donors (Lipinski definition) is 2. The number of aromatic amines is 1. The number of benzene rings is 1. The number of hydrogen-bond acceptors (Lipinski definition) is 3. The predicted molar refractivity (Wildman–Crippen MR) is 78.8 cm³/mol. The van der Waals surface area contributed by atoms with Crippen molar-refractivity contribution in [3.63, 3.8) is 0 Å². The Morgan fingerprint density at radius 3 is 3.05 bits per heavy atom. The fourth-order valence-corrected chi connectivity index (χ4v) is 2.00. The number of aromatic nitrogens is 2. The quantitative estimate of drug-likeness (QED) is 0.890. The molecule has 1 aromatic heterocycles. The molecule has 0 saturated heterocycles. The summed E-state index contributed by atoms with van der Waals surface area (Å²) in [6.07, 6.45) is 1.13. The van der Waals surface area contributed by atoms with E-state index in [1.165, 1.54) is 0 Å². The number of H-pyrrole nitrogens is 1. The summed E-state index contributed by atoms with van der Waals surface area (Å²) in [4.78, 5) is 11.9. The van der Waals surface area contributed by atoms with Gasteiger partial charge in [0.1, 0.15) is 11.9 Å². The highest BCUT2D eigenvalue weighted by Gasteiger charge is 2.16. The highest BCUT2D eigenvalue weighted by Crippen LogP contribution is 2.27. The van der Waals surface area contributed by atoms with Crippen LogP contribution in [0.4, 0.5) is 5.82 Å². The van der Waals surface area contributed by atoms with Crippen molar-refractivity contribution in [1.29, 1.82) is 0 Å². The van der Waals surface area contributed by atoms with Crippen molar-refractivity contribution in [2.75, 3.05) is 11.9 Å². The molecule has 0 saturated carbocycles. The predicted octanol–water partition coefficient (Wildman–Crippen LogP) is 3.09. The normalized spacial score (nSPS) is 12.2. The third-order valence-electron chi connectivity index (χ3n) is 2.81. The van der Waals surface area contributed by atoms with E-state index in [0.29, 0.717) is 17.4 Å². The van der Waals surface area contributed by atoms with E-state index in [-0.39, 0.29) is 5.91 Å². The third kappa shape index (κ3) is 3.37. The summed E-state index contributed by atoms with van der Waals surface area (Å²) in [5.74, 6) is 0.309. The number of nitrogens with zero attached hydrogens (tertiary/aromatic N) is 1. The van der Waals surface area contributed by atoms with Gasteiger partial charge in [0, 0.05) is 17.2 Å². The molecule has 1 aromatic carbocycles. The number of ether oxygens (including phenoxy) is 1. The van der Waals surface area contributed by atoms with Gasteiger partial charge in [-0.05, 0) is 31.5 Å².